The second kappa shape index (κ2) is 8.13. The van der Waals surface area contributed by atoms with E-state index < -0.39 is 7.60 Å². The van der Waals surface area contributed by atoms with E-state index in [4.69, 9.17) is 9.05 Å². The van der Waals surface area contributed by atoms with E-state index in [0.29, 0.717) is 32.3 Å². The number of nitrogens with zero attached hydrogens (tertiary/aromatic N) is 1. The minimum absolute atomic E-state index is 0.0944. The van der Waals surface area contributed by atoms with Gasteiger partial charge in [0.05, 0.1) is 24.8 Å². The van der Waals surface area contributed by atoms with E-state index in [1.807, 2.05) is 13.8 Å². The molecule has 0 amide bonds. The molecular weight excluding hydrogens is 337 g/mol. The molecule has 1 unspecified atom stereocenters. The molecule has 1 aliphatic heterocycles. The molecule has 6 heteroatoms. The van der Waals surface area contributed by atoms with Crippen molar-refractivity contribution in [3.8, 4) is 0 Å². The predicted molar refractivity (Wildman–Crippen MR) is 101 cm³/mol. The van der Waals surface area contributed by atoms with Crippen molar-refractivity contribution < 1.29 is 23.3 Å². The van der Waals surface area contributed by atoms with Crippen LogP contribution in [-0.4, -0.2) is 47.9 Å². The van der Waals surface area contributed by atoms with Gasteiger partial charge >= 0.3 is 7.60 Å². The van der Waals surface area contributed by atoms with Crippen molar-refractivity contribution in [1.82, 2.24) is 0 Å². The Hall–Kier alpha value is -1.00. The normalized spacial score (nSPS) is 20.2. The van der Waals surface area contributed by atoms with E-state index in [1.165, 1.54) is 16.8 Å². The van der Waals surface area contributed by atoms with Crippen LogP contribution in [0.2, 0.25) is 0 Å². The fraction of sp³-hybridized carbons (Fsp3) is 0.632. The molecule has 5 nitrogen and oxygen atoms in total. The summed E-state index contributed by atoms with van der Waals surface area (Å²) in [5.74, 6) is 0. The number of β-amino-alcohol motifs (C(OH)–C–C–N with tert-alkyl or cyclic N) is 1. The third-order valence-corrected chi connectivity index (χ3v) is 7.18. The number of aliphatic hydroxyl groups is 1. The molecule has 0 saturated carbocycles. The first kappa shape index (κ1) is 20.3. The van der Waals surface area contributed by atoms with Crippen molar-refractivity contribution in [1.29, 1.82) is 0 Å². The van der Waals surface area contributed by atoms with Gasteiger partial charge in [-0.15, -0.1) is 0 Å². The van der Waals surface area contributed by atoms with Crippen LogP contribution in [0.3, 0.4) is 0 Å². The Kier molecular flexibility index (Phi) is 6.61. The second-order valence-corrected chi connectivity index (χ2v) is 8.92. The van der Waals surface area contributed by atoms with Gasteiger partial charge in [0.25, 0.3) is 0 Å². The van der Waals surface area contributed by atoms with Crippen LogP contribution >= 0.6 is 7.60 Å². The predicted octanol–water partition coefficient (Wildman–Crippen LogP) is 4.02. The summed E-state index contributed by atoms with van der Waals surface area (Å²) in [7, 11) is -3.08. The molecule has 1 aromatic rings. The summed E-state index contributed by atoms with van der Waals surface area (Å²) in [5, 5.41) is 9.45. The lowest BCUT2D eigenvalue weighted by atomic mass is 9.77. The third kappa shape index (κ3) is 4.06. The van der Waals surface area contributed by atoms with Crippen LogP contribution in [0.15, 0.2) is 18.2 Å². The minimum atomic E-state index is -3.08. The molecule has 0 aliphatic carbocycles. The molecule has 1 atom stereocenters. The molecule has 1 heterocycles. The fourth-order valence-electron chi connectivity index (χ4n) is 3.62. The monoisotopic (exact) mass is 368 g/mol. The lowest BCUT2D eigenvalue weighted by Gasteiger charge is -2.25. The summed E-state index contributed by atoms with van der Waals surface area (Å²) in [6.07, 6.45) is 1.05. The molecule has 0 aromatic heterocycles. The van der Waals surface area contributed by atoms with Gasteiger partial charge in [-0.2, -0.15) is 4.58 Å². The van der Waals surface area contributed by atoms with Gasteiger partial charge < -0.3 is 14.2 Å². The van der Waals surface area contributed by atoms with Gasteiger partial charge in [0, 0.05) is 18.6 Å². The number of aliphatic hydroxyl groups excluding tert-OH is 1. The first-order valence-corrected chi connectivity index (χ1v) is 10.8. The highest BCUT2D eigenvalue weighted by Crippen LogP contribution is 2.52. The lowest BCUT2D eigenvalue weighted by Crippen LogP contribution is -2.32. The van der Waals surface area contributed by atoms with Crippen molar-refractivity contribution in [2.24, 2.45) is 0 Å². The molecular formula is C19H31NO4P+. The quantitative estimate of drug-likeness (QED) is 0.528. The van der Waals surface area contributed by atoms with E-state index in [0.717, 1.165) is 5.69 Å². The summed E-state index contributed by atoms with van der Waals surface area (Å²) in [5.41, 5.74) is 4.46. The highest BCUT2D eigenvalue weighted by Gasteiger charge is 2.47. The van der Waals surface area contributed by atoms with Crippen LogP contribution < -0.4 is 0 Å². The molecule has 0 fully saturated rings. The number of aryl methyl sites for hydroxylation is 1. The zero-order chi connectivity index (χ0) is 18.7. The standard InChI is InChI=1S/C19H31NO4P/c1-6-23-25(22,24-7-2)13-10-19(5)16(4)20(11-12-21)18-9-8-15(3)14-17(18)19/h8-9,14,21H,6-7,10-13H2,1-5H3/q+1. The third-order valence-electron chi connectivity index (χ3n) is 5.10. The van der Waals surface area contributed by atoms with Crippen molar-refractivity contribution >= 4 is 19.0 Å². The smallest absolute Gasteiger partial charge is 0.330 e. The molecule has 2 rings (SSSR count). The summed E-state index contributed by atoms with van der Waals surface area (Å²) >= 11 is 0. The van der Waals surface area contributed by atoms with E-state index in [9.17, 15) is 9.67 Å². The molecule has 140 valence electrons. The number of hydrogen-bond donors (Lipinski definition) is 1. The van der Waals surface area contributed by atoms with Crippen molar-refractivity contribution in [3.05, 3.63) is 29.3 Å². The average molecular weight is 368 g/mol. The molecule has 0 bridgehead atoms. The van der Waals surface area contributed by atoms with Gasteiger partial charge in [0.2, 0.25) is 5.69 Å². The van der Waals surface area contributed by atoms with Gasteiger partial charge in [-0.05, 0) is 40.2 Å². The summed E-state index contributed by atoms with van der Waals surface area (Å²) < 4.78 is 26.0. The van der Waals surface area contributed by atoms with Crippen LogP contribution in [0.1, 0.15) is 45.2 Å². The van der Waals surface area contributed by atoms with Crippen molar-refractivity contribution in [2.45, 2.75) is 46.5 Å². The Morgan fingerprint density at radius 2 is 1.84 bits per heavy atom. The first-order chi connectivity index (χ1) is 11.8. The zero-order valence-corrected chi connectivity index (χ0v) is 16.9. The number of hydrogen-bond acceptors (Lipinski definition) is 4. The molecule has 0 spiro atoms. The molecule has 1 aliphatic rings. The Bertz CT molecular complexity index is 691. The lowest BCUT2D eigenvalue weighted by molar-refractivity contribution is -0.442. The van der Waals surface area contributed by atoms with E-state index in [1.54, 1.807) is 0 Å². The van der Waals surface area contributed by atoms with E-state index >= 15 is 0 Å². The Balaban J connectivity index is 2.38. The van der Waals surface area contributed by atoms with Gasteiger partial charge in [-0.3, -0.25) is 4.57 Å². The van der Waals surface area contributed by atoms with Gasteiger partial charge in [0.1, 0.15) is 6.61 Å². The second-order valence-electron chi connectivity index (χ2n) is 6.73. The first-order valence-electron chi connectivity index (χ1n) is 9.03. The number of benzene rings is 1. The number of fused-ring (bicyclic) bond motifs is 1. The summed E-state index contributed by atoms with van der Waals surface area (Å²) in [6, 6.07) is 6.40. The van der Waals surface area contributed by atoms with Crippen molar-refractivity contribution in [2.75, 3.05) is 32.5 Å². The maximum absolute atomic E-state index is 12.9. The Labute approximate surface area is 151 Å². The SMILES string of the molecule is CCOP(=O)(CCC1(C)C(C)=[N+](CCO)c2ccc(C)cc21)OCC. The topological polar surface area (TPSA) is 58.8 Å². The molecule has 0 radical (unpaired) electrons. The van der Waals surface area contributed by atoms with Crippen LogP contribution in [0, 0.1) is 6.92 Å². The minimum Gasteiger partial charge on any atom is -0.390 e. The summed E-state index contributed by atoms with van der Waals surface area (Å²) in [6.45, 7) is 11.4. The Morgan fingerprint density at radius 3 is 2.40 bits per heavy atom. The molecule has 25 heavy (non-hydrogen) atoms. The maximum Gasteiger partial charge on any atom is 0.330 e. The largest absolute Gasteiger partial charge is 0.390 e. The molecule has 1 N–H and O–H groups in total. The van der Waals surface area contributed by atoms with Crippen LogP contribution in [0.25, 0.3) is 0 Å². The van der Waals surface area contributed by atoms with Gasteiger partial charge in [-0.25, -0.2) is 0 Å². The van der Waals surface area contributed by atoms with Gasteiger partial charge in [-0.1, -0.05) is 11.6 Å². The zero-order valence-electron chi connectivity index (χ0n) is 16.0. The van der Waals surface area contributed by atoms with E-state index in [2.05, 4.69) is 43.5 Å². The van der Waals surface area contributed by atoms with Crippen LogP contribution in [-0.2, 0) is 19.0 Å². The van der Waals surface area contributed by atoms with Crippen LogP contribution in [0.5, 0.6) is 0 Å². The summed E-state index contributed by atoms with van der Waals surface area (Å²) in [4.78, 5) is 0. The molecule has 0 saturated heterocycles. The average Bonchev–Trinajstić information content (AvgIpc) is 2.76. The highest BCUT2D eigenvalue weighted by atomic mass is 31.2. The molecule has 1 aromatic carbocycles. The van der Waals surface area contributed by atoms with Crippen molar-refractivity contribution in [3.63, 3.8) is 0 Å². The number of rotatable bonds is 9. The fourth-order valence-corrected chi connectivity index (χ4v) is 5.47. The Morgan fingerprint density at radius 1 is 1.20 bits per heavy atom. The highest BCUT2D eigenvalue weighted by molar-refractivity contribution is 7.53. The maximum atomic E-state index is 12.9. The van der Waals surface area contributed by atoms with E-state index in [-0.39, 0.29) is 12.0 Å². The van der Waals surface area contributed by atoms with Crippen LogP contribution in [0.4, 0.5) is 5.69 Å². The van der Waals surface area contributed by atoms with Gasteiger partial charge in [0.15, 0.2) is 12.3 Å².